The number of hydrogen-bond donors (Lipinski definition) is 2. The van der Waals surface area contributed by atoms with Gasteiger partial charge in [-0.05, 0) is 56.0 Å². The first kappa shape index (κ1) is 23.3. The van der Waals surface area contributed by atoms with E-state index in [0.717, 1.165) is 36.2 Å². The number of nitrogens with zero attached hydrogens (tertiary/aromatic N) is 2. The zero-order chi connectivity index (χ0) is 24.2. The summed E-state index contributed by atoms with van der Waals surface area (Å²) < 4.78 is 10.6. The van der Waals surface area contributed by atoms with E-state index in [9.17, 15) is 14.4 Å². The summed E-state index contributed by atoms with van der Waals surface area (Å²) in [7, 11) is 1.55. The summed E-state index contributed by atoms with van der Waals surface area (Å²) in [5.41, 5.74) is 7.29. The summed E-state index contributed by atoms with van der Waals surface area (Å²) >= 11 is 0. The van der Waals surface area contributed by atoms with Crippen molar-refractivity contribution in [1.29, 1.82) is 0 Å². The lowest BCUT2D eigenvalue weighted by Gasteiger charge is -2.32. The van der Waals surface area contributed by atoms with Crippen LogP contribution in [0, 0.1) is 12.8 Å². The number of primary amides is 1. The Labute approximate surface area is 196 Å². The fourth-order valence-electron chi connectivity index (χ4n) is 4.32. The molecule has 1 saturated heterocycles. The van der Waals surface area contributed by atoms with Gasteiger partial charge in [0.15, 0.2) is 0 Å². The molecule has 9 heteroatoms. The van der Waals surface area contributed by atoms with Gasteiger partial charge in [0.05, 0.1) is 24.9 Å². The molecule has 0 spiro atoms. The lowest BCUT2D eigenvalue weighted by Crippen LogP contribution is -2.41. The molecule has 0 saturated carbocycles. The van der Waals surface area contributed by atoms with Crippen molar-refractivity contribution in [2.75, 3.05) is 30.4 Å². The average Bonchev–Trinajstić information content (AvgIpc) is 2.84. The Balaban J connectivity index is 1.38. The number of rotatable bonds is 7. The molecule has 4 rings (SSSR count). The van der Waals surface area contributed by atoms with Crippen molar-refractivity contribution in [2.45, 2.75) is 32.6 Å². The highest BCUT2D eigenvalue weighted by molar-refractivity contribution is 5.91. The summed E-state index contributed by atoms with van der Waals surface area (Å²) in [6.45, 7) is 3.21. The predicted molar refractivity (Wildman–Crippen MR) is 129 cm³/mol. The standard InChI is InChI=1S/C25H28N4O5/c1-15-19-7-6-18(33-2)12-21(19)34-25(32)20(15)8-10-23(30)28-17-5-9-22(27-13-17)29-11-3-4-16(14-29)24(26)31/h5-7,9,12-13,16H,3-4,8,10-11,14H2,1-2H3,(H2,26,31)(H,28,30). The molecule has 0 aliphatic carbocycles. The fourth-order valence-corrected chi connectivity index (χ4v) is 4.32. The van der Waals surface area contributed by atoms with Crippen LogP contribution >= 0.6 is 0 Å². The van der Waals surface area contributed by atoms with Gasteiger partial charge >= 0.3 is 5.63 Å². The van der Waals surface area contributed by atoms with Gasteiger partial charge in [-0.15, -0.1) is 0 Å². The summed E-state index contributed by atoms with van der Waals surface area (Å²) in [6.07, 6.45) is 3.65. The maximum Gasteiger partial charge on any atom is 0.339 e. The van der Waals surface area contributed by atoms with Gasteiger partial charge in [-0.3, -0.25) is 9.59 Å². The number of benzene rings is 1. The first-order chi connectivity index (χ1) is 16.4. The van der Waals surface area contributed by atoms with E-state index in [4.69, 9.17) is 14.9 Å². The molecule has 3 aromatic rings. The highest BCUT2D eigenvalue weighted by Gasteiger charge is 2.24. The molecule has 1 aliphatic heterocycles. The molecule has 3 N–H and O–H groups in total. The number of fused-ring (bicyclic) bond motifs is 1. The summed E-state index contributed by atoms with van der Waals surface area (Å²) in [5.74, 6) is 0.659. The highest BCUT2D eigenvalue weighted by atomic mass is 16.5. The number of carbonyl (C=O) groups is 2. The van der Waals surface area contributed by atoms with Crippen molar-refractivity contribution in [3.8, 4) is 5.75 Å². The number of amides is 2. The Morgan fingerprint density at radius 2 is 2.12 bits per heavy atom. The molecule has 9 nitrogen and oxygen atoms in total. The number of carbonyl (C=O) groups excluding carboxylic acids is 2. The van der Waals surface area contributed by atoms with Gasteiger partial charge in [0, 0.05) is 36.5 Å². The van der Waals surface area contributed by atoms with Crippen molar-refractivity contribution in [3.63, 3.8) is 0 Å². The van der Waals surface area contributed by atoms with Gasteiger partial charge in [-0.1, -0.05) is 0 Å². The molecular formula is C25H28N4O5. The Hall–Kier alpha value is -3.88. The molecule has 2 amide bonds. The van der Waals surface area contributed by atoms with Gasteiger partial charge in [0.1, 0.15) is 17.2 Å². The topological polar surface area (TPSA) is 128 Å². The predicted octanol–water partition coefficient (Wildman–Crippen LogP) is 2.78. The minimum atomic E-state index is -0.451. The second kappa shape index (κ2) is 9.94. The van der Waals surface area contributed by atoms with Crippen LogP contribution in [-0.2, 0) is 16.0 Å². The Bertz CT molecular complexity index is 1270. The molecule has 3 heterocycles. The molecule has 2 aromatic heterocycles. The molecule has 0 radical (unpaired) electrons. The van der Waals surface area contributed by atoms with Crippen LogP contribution in [0.3, 0.4) is 0 Å². The lowest BCUT2D eigenvalue weighted by atomic mass is 9.97. The van der Waals surface area contributed by atoms with E-state index in [1.54, 1.807) is 31.5 Å². The van der Waals surface area contributed by atoms with E-state index in [1.165, 1.54) is 0 Å². The number of methoxy groups -OCH3 is 1. The summed E-state index contributed by atoms with van der Waals surface area (Å²) in [6, 6.07) is 8.92. The largest absolute Gasteiger partial charge is 0.497 e. The zero-order valence-electron chi connectivity index (χ0n) is 19.3. The van der Waals surface area contributed by atoms with Crippen LogP contribution in [0.2, 0.25) is 0 Å². The lowest BCUT2D eigenvalue weighted by molar-refractivity contribution is -0.122. The van der Waals surface area contributed by atoms with Crippen molar-refractivity contribution in [1.82, 2.24) is 4.98 Å². The molecule has 1 atom stereocenters. The quantitative estimate of drug-likeness (QED) is 0.515. The Morgan fingerprint density at radius 3 is 2.82 bits per heavy atom. The third kappa shape index (κ3) is 5.03. The van der Waals surface area contributed by atoms with E-state index in [1.807, 2.05) is 24.0 Å². The van der Waals surface area contributed by atoms with Gasteiger partial charge in [-0.25, -0.2) is 9.78 Å². The van der Waals surface area contributed by atoms with Crippen LogP contribution in [0.5, 0.6) is 5.75 Å². The molecule has 34 heavy (non-hydrogen) atoms. The molecule has 178 valence electrons. The van der Waals surface area contributed by atoms with Crippen LogP contribution in [0.4, 0.5) is 11.5 Å². The smallest absolute Gasteiger partial charge is 0.339 e. The highest BCUT2D eigenvalue weighted by Crippen LogP contribution is 2.25. The molecule has 1 fully saturated rings. The number of nitrogens with one attached hydrogen (secondary N) is 1. The monoisotopic (exact) mass is 464 g/mol. The fraction of sp³-hybridized carbons (Fsp3) is 0.360. The number of aromatic nitrogens is 1. The Kier molecular flexibility index (Phi) is 6.81. The SMILES string of the molecule is COc1ccc2c(C)c(CCC(=O)Nc3ccc(N4CCCC(C(N)=O)C4)nc3)c(=O)oc2c1. The van der Waals surface area contributed by atoms with Gasteiger partial charge < -0.3 is 25.1 Å². The minimum Gasteiger partial charge on any atom is -0.497 e. The third-order valence-electron chi connectivity index (χ3n) is 6.28. The first-order valence-electron chi connectivity index (χ1n) is 11.3. The molecule has 0 bridgehead atoms. The Morgan fingerprint density at radius 1 is 1.29 bits per heavy atom. The van der Waals surface area contributed by atoms with E-state index in [2.05, 4.69) is 10.3 Å². The maximum absolute atomic E-state index is 12.5. The van der Waals surface area contributed by atoms with Crippen LogP contribution in [0.25, 0.3) is 11.0 Å². The second-order valence-electron chi connectivity index (χ2n) is 8.50. The summed E-state index contributed by atoms with van der Waals surface area (Å²) in [5, 5.41) is 3.63. The van der Waals surface area contributed by atoms with Gasteiger partial charge in [-0.2, -0.15) is 0 Å². The first-order valence-corrected chi connectivity index (χ1v) is 11.3. The van der Waals surface area contributed by atoms with Crippen LogP contribution in [0.15, 0.2) is 45.7 Å². The van der Waals surface area contributed by atoms with Crippen LogP contribution < -0.4 is 26.3 Å². The number of pyridine rings is 1. The van der Waals surface area contributed by atoms with Crippen molar-refractivity contribution < 1.29 is 18.7 Å². The van der Waals surface area contributed by atoms with Gasteiger partial charge in [0.2, 0.25) is 11.8 Å². The van der Waals surface area contributed by atoms with E-state index in [0.29, 0.717) is 29.1 Å². The maximum atomic E-state index is 12.5. The zero-order valence-corrected chi connectivity index (χ0v) is 19.3. The number of nitrogens with two attached hydrogens (primary N) is 1. The van der Waals surface area contributed by atoms with Crippen molar-refractivity contribution in [3.05, 3.63) is 58.1 Å². The van der Waals surface area contributed by atoms with Crippen molar-refractivity contribution in [2.24, 2.45) is 11.7 Å². The van der Waals surface area contributed by atoms with Crippen LogP contribution in [-0.4, -0.2) is 37.0 Å². The van der Waals surface area contributed by atoms with Crippen molar-refractivity contribution >= 4 is 34.3 Å². The average molecular weight is 465 g/mol. The number of ether oxygens (including phenoxy) is 1. The number of anilines is 2. The van der Waals surface area contributed by atoms with E-state index < -0.39 is 5.63 Å². The van der Waals surface area contributed by atoms with E-state index in [-0.39, 0.29) is 30.6 Å². The number of aryl methyl sites for hydroxylation is 1. The summed E-state index contributed by atoms with van der Waals surface area (Å²) in [4.78, 5) is 43.0. The second-order valence-corrected chi connectivity index (χ2v) is 8.50. The molecule has 1 aliphatic rings. The molecule has 1 aromatic carbocycles. The molecular weight excluding hydrogens is 436 g/mol. The number of hydrogen-bond acceptors (Lipinski definition) is 7. The van der Waals surface area contributed by atoms with E-state index >= 15 is 0 Å². The normalized spacial score (nSPS) is 15.8. The third-order valence-corrected chi connectivity index (χ3v) is 6.28. The molecule has 1 unspecified atom stereocenters. The minimum absolute atomic E-state index is 0.126. The van der Waals surface area contributed by atoms with Crippen LogP contribution in [0.1, 0.15) is 30.4 Å². The van der Waals surface area contributed by atoms with Gasteiger partial charge in [0.25, 0.3) is 0 Å². The number of piperidine rings is 1.